The van der Waals surface area contributed by atoms with E-state index in [1.165, 1.54) is 29.5 Å². The van der Waals surface area contributed by atoms with Crippen LogP contribution in [0.25, 0.3) is 0 Å². The fraction of sp³-hybridized carbons (Fsp3) is 0.389. The van der Waals surface area contributed by atoms with Crippen LogP contribution in [-0.4, -0.2) is 44.9 Å². The molecule has 3 N–H and O–H groups in total. The van der Waals surface area contributed by atoms with Crippen LogP contribution in [0.1, 0.15) is 18.7 Å². The molecule has 0 fully saturated rings. The SMILES string of the molecule is CCNC(=NCC(C)(O)c1cccs1)NCCS(=O)(=O)c1ccccc1F. The third kappa shape index (κ3) is 6.02. The van der Waals surface area contributed by atoms with Gasteiger partial charge in [0.1, 0.15) is 16.3 Å². The molecule has 1 atom stereocenters. The summed E-state index contributed by atoms with van der Waals surface area (Å²) < 4.78 is 38.3. The fourth-order valence-electron chi connectivity index (χ4n) is 2.35. The maximum Gasteiger partial charge on any atom is 0.191 e. The van der Waals surface area contributed by atoms with Gasteiger partial charge >= 0.3 is 0 Å². The third-order valence-corrected chi connectivity index (χ3v) is 6.64. The van der Waals surface area contributed by atoms with Crippen LogP contribution in [-0.2, 0) is 15.4 Å². The van der Waals surface area contributed by atoms with Gasteiger partial charge in [0.05, 0.1) is 12.3 Å². The second-order valence-corrected chi connectivity index (χ2v) is 9.15. The van der Waals surface area contributed by atoms with Crippen LogP contribution < -0.4 is 10.6 Å². The standard InChI is InChI=1S/C18H24FN3O3S2/c1-3-20-17(22-13-18(2,23)16-9-6-11-26-16)21-10-12-27(24,25)15-8-5-4-7-14(15)19/h4-9,11,23H,3,10,12-13H2,1-2H3,(H2,20,21,22). The molecule has 1 unspecified atom stereocenters. The second kappa shape index (κ2) is 9.29. The predicted molar refractivity (Wildman–Crippen MR) is 106 cm³/mol. The molecule has 0 saturated carbocycles. The molecule has 2 aromatic rings. The van der Waals surface area contributed by atoms with Crippen LogP contribution in [0.2, 0.25) is 0 Å². The maximum atomic E-state index is 13.7. The highest BCUT2D eigenvalue weighted by atomic mass is 32.2. The molecular weight excluding hydrogens is 389 g/mol. The first kappa shape index (κ1) is 21.3. The quantitative estimate of drug-likeness (QED) is 0.456. The van der Waals surface area contributed by atoms with E-state index in [9.17, 15) is 17.9 Å². The van der Waals surface area contributed by atoms with E-state index in [1.54, 1.807) is 6.92 Å². The summed E-state index contributed by atoms with van der Waals surface area (Å²) in [7, 11) is -3.75. The molecule has 0 saturated heterocycles. The number of nitrogens with one attached hydrogen (secondary N) is 2. The Bertz CT molecular complexity index is 866. The molecule has 1 aromatic heterocycles. The van der Waals surface area contributed by atoms with Crippen molar-refractivity contribution in [3.8, 4) is 0 Å². The summed E-state index contributed by atoms with van der Waals surface area (Å²) in [5.74, 6) is -0.650. The van der Waals surface area contributed by atoms with Crippen molar-refractivity contribution in [2.75, 3.05) is 25.4 Å². The molecule has 1 heterocycles. The molecule has 148 valence electrons. The van der Waals surface area contributed by atoms with Crippen molar-refractivity contribution in [1.82, 2.24) is 10.6 Å². The van der Waals surface area contributed by atoms with Crippen molar-refractivity contribution in [3.05, 3.63) is 52.5 Å². The summed E-state index contributed by atoms with van der Waals surface area (Å²) in [5, 5.41) is 18.3. The number of sulfone groups is 1. The lowest BCUT2D eigenvalue weighted by Gasteiger charge is -2.20. The van der Waals surface area contributed by atoms with Crippen LogP contribution in [0, 0.1) is 5.82 Å². The highest BCUT2D eigenvalue weighted by Gasteiger charge is 2.24. The lowest BCUT2D eigenvalue weighted by molar-refractivity contribution is 0.0711. The Hall–Kier alpha value is -1.97. The van der Waals surface area contributed by atoms with Gasteiger partial charge in [0.15, 0.2) is 15.8 Å². The van der Waals surface area contributed by atoms with Gasteiger partial charge in [-0.1, -0.05) is 18.2 Å². The van der Waals surface area contributed by atoms with Crippen LogP contribution in [0.5, 0.6) is 0 Å². The summed E-state index contributed by atoms with van der Waals surface area (Å²) in [6, 6.07) is 9.00. The number of guanidine groups is 1. The Balaban J connectivity index is 1.99. The zero-order valence-electron chi connectivity index (χ0n) is 15.3. The topological polar surface area (TPSA) is 90.8 Å². The average molecular weight is 414 g/mol. The van der Waals surface area contributed by atoms with E-state index >= 15 is 0 Å². The van der Waals surface area contributed by atoms with Gasteiger partial charge < -0.3 is 15.7 Å². The molecular formula is C18H24FN3O3S2. The zero-order valence-corrected chi connectivity index (χ0v) is 16.9. The van der Waals surface area contributed by atoms with Gasteiger partial charge in [-0.05, 0) is 37.4 Å². The number of halogens is 1. The number of rotatable bonds is 8. The Kier molecular flexibility index (Phi) is 7.34. The van der Waals surface area contributed by atoms with E-state index in [4.69, 9.17) is 0 Å². The van der Waals surface area contributed by atoms with Gasteiger partial charge in [0.25, 0.3) is 0 Å². The van der Waals surface area contributed by atoms with Crippen molar-refractivity contribution in [3.63, 3.8) is 0 Å². The lowest BCUT2D eigenvalue weighted by atomic mass is 10.1. The molecule has 27 heavy (non-hydrogen) atoms. The highest BCUT2D eigenvalue weighted by molar-refractivity contribution is 7.91. The van der Waals surface area contributed by atoms with Gasteiger partial charge in [-0.2, -0.15) is 0 Å². The van der Waals surface area contributed by atoms with Crippen molar-refractivity contribution < 1.29 is 17.9 Å². The molecule has 2 rings (SSSR count). The van der Waals surface area contributed by atoms with E-state index in [0.29, 0.717) is 12.5 Å². The molecule has 0 amide bonds. The van der Waals surface area contributed by atoms with Crippen molar-refractivity contribution in [2.24, 2.45) is 4.99 Å². The molecule has 0 bridgehead atoms. The molecule has 1 aromatic carbocycles. The Labute approximate surface area is 163 Å². The zero-order chi connectivity index (χ0) is 19.9. The number of hydrogen-bond donors (Lipinski definition) is 3. The molecule has 6 nitrogen and oxygen atoms in total. The summed E-state index contributed by atoms with van der Waals surface area (Å²) >= 11 is 1.44. The summed E-state index contributed by atoms with van der Waals surface area (Å²) in [6.07, 6.45) is 0. The van der Waals surface area contributed by atoms with Gasteiger partial charge in [-0.3, -0.25) is 0 Å². The van der Waals surface area contributed by atoms with Gasteiger partial charge in [0.2, 0.25) is 0 Å². The molecule has 0 aliphatic carbocycles. The molecule has 0 aliphatic rings. The third-order valence-electron chi connectivity index (χ3n) is 3.78. The fourth-order valence-corrected chi connectivity index (χ4v) is 4.37. The minimum absolute atomic E-state index is 0.0592. The lowest BCUT2D eigenvalue weighted by Crippen LogP contribution is -2.40. The molecule has 0 spiro atoms. The van der Waals surface area contributed by atoms with E-state index < -0.39 is 21.3 Å². The second-order valence-electron chi connectivity index (χ2n) is 6.12. The van der Waals surface area contributed by atoms with Crippen molar-refractivity contribution >= 4 is 27.1 Å². The van der Waals surface area contributed by atoms with E-state index in [0.717, 1.165) is 10.9 Å². The average Bonchev–Trinajstić information content (AvgIpc) is 3.15. The number of aliphatic imine (C=N–C) groups is 1. The number of benzene rings is 1. The highest BCUT2D eigenvalue weighted by Crippen LogP contribution is 2.25. The van der Waals surface area contributed by atoms with E-state index in [-0.39, 0.29) is 23.7 Å². The number of aliphatic hydroxyl groups is 1. The summed E-state index contributed by atoms with van der Waals surface area (Å²) in [6.45, 7) is 4.30. The van der Waals surface area contributed by atoms with Gasteiger partial charge in [0, 0.05) is 18.0 Å². The monoisotopic (exact) mass is 413 g/mol. The Morgan fingerprint density at radius 2 is 2.00 bits per heavy atom. The van der Waals surface area contributed by atoms with Crippen LogP contribution in [0.15, 0.2) is 51.7 Å². The largest absolute Gasteiger partial charge is 0.383 e. The van der Waals surface area contributed by atoms with Crippen LogP contribution in [0.4, 0.5) is 4.39 Å². The number of thiophene rings is 1. The first-order valence-electron chi connectivity index (χ1n) is 8.52. The Morgan fingerprint density at radius 3 is 2.63 bits per heavy atom. The number of nitrogens with zero attached hydrogens (tertiary/aromatic N) is 1. The minimum atomic E-state index is -3.75. The normalized spacial score (nSPS) is 14.6. The molecule has 0 aliphatic heterocycles. The summed E-state index contributed by atoms with van der Waals surface area (Å²) in [4.78, 5) is 4.82. The smallest absolute Gasteiger partial charge is 0.191 e. The maximum absolute atomic E-state index is 13.7. The van der Waals surface area contributed by atoms with Crippen LogP contribution >= 0.6 is 11.3 Å². The summed E-state index contributed by atoms with van der Waals surface area (Å²) in [5.41, 5.74) is -1.12. The predicted octanol–water partition coefficient (Wildman–Crippen LogP) is 2.12. The van der Waals surface area contributed by atoms with Crippen molar-refractivity contribution in [1.29, 1.82) is 0 Å². The van der Waals surface area contributed by atoms with Crippen LogP contribution in [0.3, 0.4) is 0 Å². The van der Waals surface area contributed by atoms with E-state index in [1.807, 2.05) is 24.4 Å². The van der Waals surface area contributed by atoms with Gasteiger partial charge in [-0.25, -0.2) is 17.8 Å². The molecule has 9 heteroatoms. The van der Waals surface area contributed by atoms with Crippen molar-refractivity contribution in [2.45, 2.75) is 24.3 Å². The first-order valence-corrected chi connectivity index (χ1v) is 11.1. The first-order chi connectivity index (χ1) is 12.8. The number of hydrogen-bond acceptors (Lipinski definition) is 5. The van der Waals surface area contributed by atoms with Gasteiger partial charge in [-0.15, -0.1) is 11.3 Å². The molecule has 0 radical (unpaired) electrons. The minimum Gasteiger partial charge on any atom is -0.383 e. The van der Waals surface area contributed by atoms with E-state index in [2.05, 4.69) is 15.6 Å². The Morgan fingerprint density at radius 1 is 1.26 bits per heavy atom.